The zero-order valence-electron chi connectivity index (χ0n) is 15.4. The van der Waals surface area contributed by atoms with Crippen molar-refractivity contribution in [2.75, 3.05) is 24.9 Å². The number of carbonyl (C=O) groups is 2. The first kappa shape index (κ1) is 19.0. The van der Waals surface area contributed by atoms with Gasteiger partial charge in [0.15, 0.2) is 0 Å². The quantitative estimate of drug-likeness (QED) is 0.732. The average molecular weight is 389 g/mol. The van der Waals surface area contributed by atoms with Gasteiger partial charge in [-0.05, 0) is 49.6 Å². The fourth-order valence-corrected chi connectivity index (χ4v) is 2.93. The Balaban J connectivity index is 1.74. The SMILES string of the molecule is COc1ccc(NC(=O)C2(C(=O)Nc3ccc(C)c(Cl)c3)CC2)c(OC)c1. The molecule has 2 aromatic carbocycles. The van der Waals surface area contributed by atoms with Gasteiger partial charge in [-0.15, -0.1) is 0 Å². The van der Waals surface area contributed by atoms with E-state index in [0.717, 1.165) is 5.56 Å². The van der Waals surface area contributed by atoms with E-state index >= 15 is 0 Å². The predicted octanol–water partition coefficient (Wildman–Crippen LogP) is 4.02. The van der Waals surface area contributed by atoms with Gasteiger partial charge in [-0.3, -0.25) is 9.59 Å². The third-order valence-corrected chi connectivity index (χ3v) is 5.11. The van der Waals surface area contributed by atoms with Gasteiger partial charge >= 0.3 is 0 Å². The number of methoxy groups -OCH3 is 2. The van der Waals surface area contributed by atoms with Crippen molar-refractivity contribution >= 4 is 34.8 Å². The Labute approximate surface area is 162 Å². The lowest BCUT2D eigenvalue weighted by molar-refractivity contribution is -0.131. The maximum absolute atomic E-state index is 12.8. The van der Waals surface area contributed by atoms with Crippen LogP contribution in [0.4, 0.5) is 11.4 Å². The summed E-state index contributed by atoms with van der Waals surface area (Å²) in [5, 5.41) is 6.15. The summed E-state index contributed by atoms with van der Waals surface area (Å²) in [5.74, 6) is 0.373. The maximum Gasteiger partial charge on any atom is 0.240 e. The number of rotatable bonds is 6. The lowest BCUT2D eigenvalue weighted by Crippen LogP contribution is -2.35. The van der Waals surface area contributed by atoms with Gasteiger partial charge in [0.25, 0.3) is 0 Å². The van der Waals surface area contributed by atoms with E-state index in [2.05, 4.69) is 10.6 Å². The molecule has 0 bridgehead atoms. The van der Waals surface area contributed by atoms with Crippen molar-refractivity contribution in [2.24, 2.45) is 5.41 Å². The van der Waals surface area contributed by atoms with E-state index in [-0.39, 0.29) is 11.8 Å². The topological polar surface area (TPSA) is 76.7 Å². The van der Waals surface area contributed by atoms with Crippen LogP contribution in [0.3, 0.4) is 0 Å². The molecule has 0 aliphatic heterocycles. The van der Waals surface area contributed by atoms with E-state index in [1.807, 2.05) is 13.0 Å². The van der Waals surface area contributed by atoms with Crippen LogP contribution in [0.15, 0.2) is 36.4 Å². The summed E-state index contributed by atoms with van der Waals surface area (Å²) in [4.78, 5) is 25.5. The summed E-state index contributed by atoms with van der Waals surface area (Å²) >= 11 is 6.10. The molecule has 1 aliphatic carbocycles. The minimum atomic E-state index is -1.08. The number of hydrogen-bond donors (Lipinski definition) is 2. The molecule has 2 N–H and O–H groups in total. The van der Waals surface area contributed by atoms with E-state index < -0.39 is 5.41 Å². The molecule has 142 valence electrons. The van der Waals surface area contributed by atoms with Gasteiger partial charge in [0, 0.05) is 16.8 Å². The maximum atomic E-state index is 12.8. The Bertz CT molecular complexity index is 894. The van der Waals surface area contributed by atoms with Gasteiger partial charge in [-0.2, -0.15) is 0 Å². The molecule has 2 aromatic rings. The molecule has 0 spiro atoms. The predicted molar refractivity (Wildman–Crippen MR) is 105 cm³/mol. The van der Waals surface area contributed by atoms with Crippen LogP contribution in [0.1, 0.15) is 18.4 Å². The Morgan fingerprint density at radius 1 is 1.00 bits per heavy atom. The van der Waals surface area contributed by atoms with E-state index in [4.69, 9.17) is 21.1 Å². The smallest absolute Gasteiger partial charge is 0.240 e. The number of hydrogen-bond acceptors (Lipinski definition) is 4. The Morgan fingerprint density at radius 3 is 2.30 bits per heavy atom. The summed E-state index contributed by atoms with van der Waals surface area (Å²) in [5.41, 5.74) is 0.889. The van der Waals surface area contributed by atoms with E-state index in [9.17, 15) is 9.59 Å². The minimum Gasteiger partial charge on any atom is -0.497 e. The Kier molecular flexibility index (Phi) is 5.28. The van der Waals surface area contributed by atoms with Crippen molar-refractivity contribution in [1.29, 1.82) is 0 Å². The first-order valence-electron chi connectivity index (χ1n) is 8.51. The van der Waals surface area contributed by atoms with E-state index in [1.165, 1.54) is 7.11 Å². The number of anilines is 2. The molecule has 6 nitrogen and oxygen atoms in total. The number of halogens is 1. The molecule has 2 amide bonds. The molecule has 0 radical (unpaired) electrons. The highest BCUT2D eigenvalue weighted by Crippen LogP contribution is 2.48. The monoisotopic (exact) mass is 388 g/mol. The second-order valence-corrected chi connectivity index (χ2v) is 6.93. The second-order valence-electron chi connectivity index (χ2n) is 6.52. The van der Waals surface area contributed by atoms with Gasteiger partial charge in [0.05, 0.1) is 19.9 Å². The van der Waals surface area contributed by atoms with Crippen LogP contribution >= 0.6 is 11.6 Å². The van der Waals surface area contributed by atoms with Crippen LogP contribution in [0, 0.1) is 12.3 Å². The molecule has 0 heterocycles. The fraction of sp³-hybridized carbons (Fsp3) is 0.300. The fourth-order valence-electron chi connectivity index (χ4n) is 2.75. The van der Waals surface area contributed by atoms with Crippen molar-refractivity contribution in [3.8, 4) is 11.5 Å². The van der Waals surface area contributed by atoms with Crippen molar-refractivity contribution < 1.29 is 19.1 Å². The highest BCUT2D eigenvalue weighted by molar-refractivity contribution is 6.31. The number of benzene rings is 2. The first-order valence-corrected chi connectivity index (χ1v) is 8.88. The Hall–Kier alpha value is -2.73. The van der Waals surface area contributed by atoms with Crippen LogP contribution in [-0.2, 0) is 9.59 Å². The molecular weight excluding hydrogens is 368 g/mol. The zero-order chi connectivity index (χ0) is 19.6. The second kappa shape index (κ2) is 7.48. The van der Waals surface area contributed by atoms with Crippen molar-refractivity contribution in [3.63, 3.8) is 0 Å². The summed E-state index contributed by atoms with van der Waals surface area (Å²) in [6, 6.07) is 10.3. The van der Waals surface area contributed by atoms with Crippen LogP contribution < -0.4 is 20.1 Å². The molecule has 0 saturated heterocycles. The van der Waals surface area contributed by atoms with Crippen LogP contribution in [0.25, 0.3) is 0 Å². The van der Waals surface area contributed by atoms with E-state index in [1.54, 1.807) is 37.4 Å². The van der Waals surface area contributed by atoms with Gasteiger partial charge in [0.1, 0.15) is 16.9 Å². The summed E-state index contributed by atoms with van der Waals surface area (Å²) < 4.78 is 10.4. The molecule has 1 fully saturated rings. The van der Waals surface area contributed by atoms with Crippen LogP contribution in [0.2, 0.25) is 5.02 Å². The normalized spacial score (nSPS) is 14.2. The van der Waals surface area contributed by atoms with E-state index in [0.29, 0.717) is 40.7 Å². The molecule has 0 atom stereocenters. The lowest BCUT2D eigenvalue weighted by atomic mass is 10.0. The number of nitrogens with one attached hydrogen (secondary N) is 2. The molecule has 0 unspecified atom stereocenters. The van der Waals surface area contributed by atoms with Gasteiger partial charge in [0.2, 0.25) is 11.8 Å². The number of carbonyl (C=O) groups excluding carboxylic acids is 2. The third-order valence-electron chi connectivity index (χ3n) is 4.71. The van der Waals surface area contributed by atoms with Crippen LogP contribution in [-0.4, -0.2) is 26.0 Å². The lowest BCUT2D eigenvalue weighted by Gasteiger charge is -2.17. The summed E-state index contributed by atoms with van der Waals surface area (Å²) in [6.45, 7) is 1.88. The molecule has 3 rings (SSSR count). The van der Waals surface area contributed by atoms with Gasteiger partial charge < -0.3 is 20.1 Å². The summed E-state index contributed by atoms with van der Waals surface area (Å²) in [6.07, 6.45) is 0.978. The van der Waals surface area contributed by atoms with Gasteiger partial charge in [-0.25, -0.2) is 0 Å². The molecular formula is C20H21ClN2O4. The minimum absolute atomic E-state index is 0.340. The number of amides is 2. The van der Waals surface area contributed by atoms with Crippen LogP contribution in [0.5, 0.6) is 11.5 Å². The molecule has 7 heteroatoms. The number of ether oxygens (including phenoxy) is 2. The molecule has 1 saturated carbocycles. The Morgan fingerprint density at radius 2 is 1.70 bits per heavy atom. The molecule has 1 aliphatic rings. The molecule has 27 heavy (non-hydrogen) atoms. The third kappa shape index (κ3) is 3.85. The van der Waals surface area contributed by atoms with Crippen molar-refractivity contribution in [1.82, 2.24) is 0 Å². The molecule has 0 aromatic heterocycles. The zero-order valence-corrected chi connectivity index (χ0v) is 16.1. The average Bonchev–Trinajstić information content (AvgIpc) is 3.47. The summed E-state index contributed by atoms with van der Waals surface area (Å²) in [7, 11) is 3.05. The van der Waals surface area contributed by atoms with Gasteiger partial charge in [-0.1, -0.05) is 17.7 Å². The first-order chi connectivity index (χ1) is 12.9. The highest BCUT2D eigenvalue weighted by Gasteiger charge is 2.56. The number of aryl methyl sites for hydroxylation is 1. The van der Waals surface area contributed by atoms with Crippen molar-refractivity contribution in [2.45, 2.75) is 19.8 Å². The highest BCUT2D eigenvalue weighted by atomic mass is 35.5. The largest absolute Gasteiger partial charge is 0.497 e. The van der Waals surface area contributed by atoms with Crippen molar-refractivity contribution in [3.05, 3.63) is 47.0 Å². The standard InChI is InChI=1S/C20H21ClN2O4/c1-12-4-5-13(10-15(12)21)22-18(24)20(8-9-20)19(25)23-16-7-6-14(26-2)11-17(16)27-3/h4-7,10-11H,8-9H2,1-3H3,(H,22,24)(H,23,25).